The van der Waals surface area contributed by atoms with Crippen molar-refractivity contribution >= 4 is 15.7 Å². The summed E-state index contributed by atoms with van der Waals surface area (Å²) in [6.45, 7) is 6.34. The molecule has 0 amide bonds. The van der Waals surface area contributed by atoms with E-state index in [-0.39, 0.29) is 10.3 Å². The lowest BCUT2D eigenvalue weighted by Crippen LogP contribution is -2.35. The topological polar surface area (TPSA) is 88.3 Å². The molecule has 1 aromatic heterocycles. The van der Waals surface area contributed by atoms with Crippen LogP contribution in [-0.2, 0) is 10.0 Å². The maximum absolute atomic E-state index is 12.4. The van der Waals surface area contributed by atoms with Crippen molar-refractivity contribution in [2.45, 2.75) is 25.7 Å². The molecule has 6 nitrogen and oxygen atoms in total. The Morgan fingerprint density at radius 3 is 2.56 bits per heavy atom. The average Bonchev–Trinajstić information content (AvgIpc) is 2.26. The van der Waals surface area contributed by atoms with Gasteiger partial charge in [0.25, 0.3) is 0 Å². The summed E-state index contributed by atoms with van der Waals surface area (Å²) < 4.78 is 26.1. The lowest BCUT2D eigenvalue weighted by Gasteiger charge is -2.26. The Kier molecular flexibility index (Phi) is 4.31. The third-order valence-corrected chi connectivity index (χ3v) is 4.16. The number of pyridine rings is 1. The molecule has 3 N–H and O–H groups in total. The Morgan fingerprint density at radius 2 is 2.06 bits per heavy atom. The number of nitrogens with zero attached hydrogens (tertiary/aromatic N) is 2. The largest absolute Gasteiger partial charge is 0.323 e. The SMILES string of the molecule is CN(CC(C)(C)C)S(=O)(=O)c1cnccc1NN. The van der Waals surface area contributed by atoms with Crippen LogP contribution in [0.25, 0.3) is 0 Å². The fourth-order valence-corrected chi connectivity index (χ4v) is 3.12. The number of anilines is 1. The maximum Gasteiger partial charge on any atom is 0.246 e. The van der Waals surface area contributed by atoms with E-state index < -0.39 is 10.0 Å². The van der Waals surface area contributed by atoms with E-state index in [1.165, 1.54) is 22.8 Å². The van der Waals surface area contributed by atoms with Gasteiger partial charge >= 0.3 is 0 Å². The second kappa shape index (κ2) is 5.21. The number of nitrogens with one attached hydrogen (secondary N) is 1. The predicted octanol–water partition coefficient (Wildman–Crippen LogP) is 1.03. The predicted molar refractivity (Wildman–Crippen MR) is 71.3 cm³/mol. The van der Waals surface area contributed by atoms with Gasteiger partial charge in [-0.15, -0.1) is 0 Å². The summed E-state index contributed by atoms with van der Waals surface area (Å²) >= 11 is 0. The van der Waals surface area contributed by atoms with Crippen molar-refractivity contribution in [3.05, 3.63) is 18.5 Å². The number of rotatable bonds is 4. The van der Waals surface area contributed by atoms with Crippen LogP contribution in [0.5, 0.6) is 0 Å². The highest BCUT2D eigenvalue weighted by molar-refractivity contribution is 7.89. The summed E-state index contributed by atoms with van der Waals surface area (Å²) in [7, 11) is -2.04. The van der Waals surface area contributed by atoms with Gasteiger partial charge in [-0.25, -0.2) is 12.7 Å². The van der Waals surface area contributed by atoms with E-state index in [9.17, 15) is 8.42 Å². The van der Waals surface area contributed by atoms with Gasteiger partial charge in [-0.3, -0.25) is 10.8 Å². The van der Waals surface area contributed by atoms with Crippen molar-refractivity contribution in [2.75, 3.05) is 19.0 Å². The Morgan fingerprint density at radius 1 is 1.44 bits per heavy atom. The molecule has 0 aliphatic carbocycles. The highest BCUT2D eigenvalue weighted by Crippen LogP contribution is 2.24. The summed E-state index contributed by atoms with van der Waals surface area (Å²) in [6, 6.07) is 1.53. The van der Waals surface area contributed by atoms with Crippen LogP contribution in [0.15, 0.2) is 23.4 Å². The molecule has 1 heterocycles. The van der Waals surface area contributed by atoms with Crippen LogP contribution in [0.2, 0.25) is 0 Å². The van der Waals surface area contributed by atoms with E-state index in [4.69, 9.17) is 5.84 Å². The van der Waals surface area contributed by atoms with Crippen LogP contribution < -0.4 is 11.3 Å². The second-order valence-electron chi connectivity index (χ2n) is 5.34. The van der Waals surface area contributed by atoms with Crippen LogP contribution in [0.4, 0.5) is 5.69 Å². The molecule has 0 bridgehead atoms. The Hall–Kier alpha value is -1.18. The van der Waals surface area contributed by atoms with Gasteiger partial charge in [-0.1, -0.05) is 20.8 Å². The first-order valence-corrected chi connectivity index (χ1v) is 6.99. The molecular weight excluding hydrogens is 252 g/mol. The van der Waals surface area contributed by atoms with Crippen molar-refractivity contribution in [1.29, 1.82) is 0 Å². The molecule has 102 valence electrons. The monoisotopic (exact) mass is 272 g/mol. The summed E-state index contributed by atoms with van der Waals surface area (Å²) in [4.78, 5) is 3.92. The molecule has 18 heavy (non-hydrogen) atoms. The van der Waals surface area contributed by atoms with Crippen molar-refractivity contribution < 1.29 is 8.42 Å². The molecule has 1 aromatic rings. The first-order chi connectivity index (χ1) is 8.18. The Labute approximate surface area is 108 Å². The Balaban J connectivity index is 3.14. The minimum absolute atomic E-state index is 0.0826. The molecule has 7 heteroatoms. The molecule has 0 atom stereocenters. The molecule has 0 aromatic carbocycles. The lowest BCUT2D eigenvalue weighted by molar-refractivity contribution is 0.311. The summed E-state index contributed by atoms with van der Waals surface area (Å²) in [5, 5.41) is 0. The highest BCUT2D eigenvalue weighted by atomic mass is 32.2. The molecule has 0 unspecified atom stereocenters. The summed E-state index contributed by atoms with van der Waals surface area (Å²) in [6.07, 6.45) is 2.78. The van der Waals surface area contributed by atoms with Crippen LogP contribution in [0.1, 0.15) is 20.8 Å². The number of aromatic nitrogens is 1. The third kappa shape index (κ3) is 3.41. The fraction of sp³-hybridized carbons (Fsp3) is 0.545. The van der Waals surface area contributed by atoms with Crippen molar-refractivity contribution in [3.8, 4) is 0 Å². The van der Waals surface area contributed by atoms with Gasteiger partial charge in [0.15, 0.2) is 0 Å². The minimum Gasteiger partial charge on any atom is -0.323 e. The minimum atomic E-state index is -3.59. The van der Waals surface area contributed by atoms with Crippen molar-refractivity contribution in [2.24, 2.45) is 11.3 Å². The molecule has 0 saturated heterocycles. The van der Waals surface area contributed by atoms with Gasteiger partial charge in [-0.2, -0.15) is 0 Å². The molecule has 0 aliphatic heterocycles. The van der Waals surface area contributed by atoms with E-state index >= 15 is 0 Å². The van der Waals surface area contributed by atoms with Gasteiger partial charge in [0, 0.05) is 26.0 Å². The quantitative estimate of drug-likeness (QED) is 0.631. The molecule has 0 saturated carbocycles. The fourth-order valence-electron chi connectivity index (χ4n) is 1.63. The van der Waals surface area contributed by atoms with E-state index in [2.05, 4.69) is 10.4 Å². The zero-order valence-electron chi connectivity index (χ0n) is 11.1. The van der Waals surface area contributed by atoms with Gasteiger partial charge in [-0.05, 0) is 11.5 Å². The standard InChI is InChI=1S/C11H20N4O2S/c1-11(2,3)8-15(4)18(16,17)10-7-13-6-5-9(10)14-12/h5-7H,8,12H2,1-4H3,(H,13,14). The summed E-state index contributed by atoms with van der Waals surface area (Å²) in [5.74, 6) is 5.31. The first kappa shape index (κ1) is 14.9. The maximum atomic E-state index is 12.4. The van der Waals surface area contributed by atoms with E-state index in [1.54, 1.807) is 7.05 Å². The van der Waals surface area contributed by atoms with Crippen LogP contribution in [0, 0.1) is 5.41 Å². The highest BCUT2D eigenvalue weighted by Gasteiger charge is 2.27. The summed E-state index contributed by atoms with van der Waals surface area (Å²) in [5.41, 5.74) is 2.59. The zero-order chi connectivity index (χ0) is 14.0. The molecule has 0 radical (unpaired) electrons. The van der Waals surface area contributed by atoms with Gasteiger partial charge in [0.1, 0.15) is 4.90 Å². The normalized spacial score (nSPS) is 12.8. The molecule has 0 fully saturated rings. The van der Waals surface area contributed by atoms with Crippen LogP contribution >= 0.6 is 0 Å². The smallest absolute Gasteiger partial charge is 0.246 e. The third-order valence-electron chi connectivity index (χ3n) is 2.33. The van der Waals surface area contributed by atoms with Gasteiger partial charge in [0.2, 0.25) is 10.0 Å². The van der Waals surface area contributed by atoms with Crippen molar-refractivity contribution in [1.82, 2.24) is 9.29 Å². The zero-order valence-corrected chi connectivity index (χ0v) is 12.0. The molecule has 0 spiro atoms. The van der Waals surface area contributed by atoms with Gasteiger partial charge in [0.05, 0.1) is 5.69 Å². The van der Waals surface area contributed by atoms with Crippen molar-refractivity contribution in [3.63, 3.8) is 0 Å². The first-order valence-electron chi connectivity index (χ1n) is 5.55. The van der Waals surface area contributed by atoms with Crippen LogP contribution in [-0.4, -0.2) is 31.3 Å². The van der Waals surface area contributed by atoms with Gasteiger partial charge < -0.3 is 5.43 Å². The molecule has 0 aliphatic rings. The number of hydrogen-bond donors (Lipinski definition) is 2. The Bertz CT molecular complexity index is 508. The number of hydrazine groups is 1. The molecule has 1 rings (SSSR count). The number of sulfonamides is 1. The average molecular weight is 272 g/mol. The lowest BCUT2D eigenvalue weighted by atomic mass is 9.97. The van der Waals surface area contributed by atoms with E-state index in [0.717, 1.165) is 0 Å². The number of hydrogen-bond acceptors (Lipinski definition) is 5. The van der Waals surface area contributed by atoms with E-state index in [1.807, 2.05) is 20.8 Å². The van der Waals surface area contributed by atoms with E-state index in [0.29, 0.717) is 12.2 Å². The second-order valence-corrected chi connectivity index (χ2v) is 7.35. The van der Waals surface area contributed by atoms with Crippen LogP contribution in [0.3, 0.4) is 0 Å². The molecular formula is C11H20N4O2S. The number of nitrogen functional groups attached to an aromatic ring is 1. The number of nitrogens with two attached hydrogens (primary N) is 1.